The van der Waals surface area contributed by atoms with E-state index in [2.05, 4.69) is 5.32 Å². The van der Waals surface area contributed by atoms with Gasteiger partial charge in [0.05, 0.1) is 10.6 Å². The molecule has 0 spiro atoms. The van der Waals surface area contributed by atoms with Crippen LogP contribution < -0.4 is 5.32 Å². The molecule has 0 aliphatic carbocycles. The van der Waals surface area contributed by atoms with Gasteiger partial charge < -0.3 is 5.32 Å². The maximum atomic E-state index is 13.2. The summed E-state index contributed by atoms with van der Waals surface area (Å²) in [6, 6.07) is 7.05. The second-order valence-electron chi connectivity index (χ2n) is 4.87. The number of nitro benzene ring substituents is 1. The predicted octanol–water partition coefficient (Wildman–Crippen LogP) is 3.64. The molecule has 11 heteroatoms. The highest BCUT2D eigenvalue weighted by Crippen LogP contribution is 2.35. The molecule has 0 radical (unpaired) electrons. The van der Waals surface area contributed by atoms with E-state index in [-0.39, 0.29) is 18.3 Å². The van der Waals surface area contributed by atoms with Crippen molar-refractivity contribution in [1.29, 1.82) is 0 Å². The molecule has 0 amide bonds. The number of sulfone groups is 1. The quantitative estimate of drug-likeness (QED) is 0.487. The van der Waals surface area contributed by atoms with Crippen molar-refractivity contribution in [2.75, 3.05) is 5.32 Å². The van der Waals surface area contributed by atoms with Gasteiger partial charge in [-0.2, -0.15) is 13.2 Å². The van der Waals surface area contributed by atoms with Crippen LogP contribution in [0.4, 0.5) is 28.9 Å². The lowest BCUT2D eigenvalue weighted by Gasteiger charge is -2.14. The van der Waals surface area contributed by atoms with Crippen molar-refractivity contribution in [1.82, 2.24) is 0 Å². The zero-order valence-electron chi connectivity index (χ0n) is 12.2. The molecule has 0 aliphatic heterocycles. The lowest BCUT2D eigenvalue weighted by molar-refractivity contribution is -0.384. The van der Waals surface area contributed by atoms with Crippen LogP contribution in [0.1, 0.15) is 5.56 Å². The summed E-state index contributed by atoms with van der Waals surface area (Å²) in [5.74, 6) is -1.14. The zero-order valence-corrected chi connectivity index (χ0v) is 13.1. The van der Waals surface area contributed by atoms with E-state index in [1.54, 1.807) is 0 Å². The monoisotopic (exact) mass is 378 g/mol. The predicted molar refractivity (Wildman–Crippen MR) is 80.1 cm³/mol. The van der Waals surface area contributed by atoms with Gasteiger partial charge in [-0.05, 0) is 23.8 Å². The first-order chi connectivity index (χ1) is 11.5. The Morgan fingerprint density at radius 1 is 1.08 bits per heavy atom. The van der Waals surface area contributed by atoms with E-state index in [0.717, 1.165) is 12.1 Å². The fraction of sp³-hybridized carbons (Fsp3) is 0.143. The average Bonchev–Trinajstić information content (AvgIpc) is 2.53. The highest BCUT2D eigenvalue weighted by molar-refractivity contribution is 7.92. The Morgan fingerprint density at radius 3 is 2.20 bits per heavy atom. The molecule has 134 valence electrons. The number of rotatable bonds is 5. The second kappa shape index (κ2) is 6.67. The Bertz CT molecular complexity index is 896. The fourth-order valence-electron chi connectivity index (χ4n) is 1.92. The third kappa shape index (κ3) is 4.05. The summed E-state index contributed by atoms with van der Waals surface area (Å²) in [5.41, 5.74) is -5.74. The highest BCUT2D eigenvalue weighted by atomic mass is 32.2. The number of benzene rings is 2. The summed E-state index contributed by atoms with van der Waals surface area (Å²) >= 11 is 0. The lowest BCUT2D eigenvalue weighted by atomic mass is 10.2. The van der Waals surface area contributed by atoms with Crippen LogP contribution in [0.5, 0.6) is 0 Å². The molecule has 0 atom stereocenters. The van der Waals surface area contributed by atoms with Crippen LogP contribution in [0.2, 0.25) is 0 Å². The topological polar surface area (TPSA) is 89.3 Å². The number of hydrogen-bond acceptors (Lipinski definition) is 5. The number of hydrogen-bond donors (Lipinski definition) is 1. The van der Waals surface area contributed by atoms with Crippen molar-refractivity contribution in [3.8, 4) is 0 Å². The highest BCUT2D eigenvalue weighted by Gasteiger charge is 2.48. The van der Waals surface area contributed by atoms with Gasteiger partial charge in [-0.25, -0.2) is 12.8 Å². The first kappa shape index (κ1) is 18.6. The first-order valence-electron chi connectivity index (χ1n) is 6.60. The standard InChI is InChI=1S/C14H10F4N2O4S/c15-10-3-6-12(13(7-10)25(23,24)14(16,17)18)19-8-9-1-4-11(5-2-9)20(21)22/h1-7,19H,8H2. The second-order valence-corrected chi connectivity index (χ2v) is 6.78. The van der Waals surface area contributed by atoms with Gasteiger partial charge in [-0.3, -0.25) is 10.1 Å². The smallest absolute Gasteiger partial charge is 0.380 e. The number of halogens is 4. The molecule has 0 saturated heterocycles. The normalized spacial score (nSPS) is 12.0. The van der Waals surface area contributed by atoms with Gasteiger partial charge in [0.25, 0.3) is 15.5 Å². The van der Waals surface area contributed by atoms with Crippen molar-refractivity contribution in [3.05, 3.63) is 64.0 Å². The number of nitrogens with one attached hydrogen (secondary N) is 1. The van der Waals surface area contributed by atoms with Gasteiger partial charge in [0, 0.05) is 18.7 Å². The number of alkyl halides is 3. The third-order valence-corrected chi connectivity index (χ3v) is 4.69. The van der Waals surface area contributed by atoms with Gasteiger partial charge in [0.1, 0.15) is 10.7 Å². The Morgan fingerprint density at radius 2 is 1.68 bits per heavy atom. The minimum absolute atomic E-state index is 0.121. The maximum Gasteiger partial charge on any atom is 0.501 e. The van der Waals surface area contributed by atoms with Crippen molar-refractivity contribution >= 4 is 21.2 Å². The number of anilines is 1. The van der Waals surface area contributed by atoms with E-state index in [4.69, 9.17) is 0 Å². The largest absolute Gasteiger partial charge is 0.501 e. The molecule has 0 aliphatic rings. The summed E-state index contributed by atoms with van der Waals surface area (Å²) in [6.07, 6.45) is 0. The summed E-state index contributed by atoms with van der Waals surface area (Å²) in [4.78, 5) is 8.70. The Balaban J connectivity index is 2.30. The minimum atomic E-state index is -5.74. The van der Waals surface area contributed by atoms with Gasteiger partial charge >= 0.3 is 5.51 Å². The molecule has 0 heterocycles. The van der Waals surface area contributed by atoms with Gasteiger partial charge in [0.15, 0.2) is 0 Å². The molecular formula is C14H10F4N2O4S. The summed E-state index contributed by atoms with van der Waals surface area (Å²) in [5, 5.41) is 13.0. The molecule has 6 nitrogen and oxygen atoms in total. The molecule has 25 heavy (non-hydrogen) atoms. The van der Waals surface area contributed by atoms with Crippen LogP contribution in [0.15, 0.2) is 47.4 Å². The molecule has 0 aromatic heterocycles. The molecule has 1 N–H and O–H groups in total. The Hall–Kier alpha value is -2.69. The Labute approximate surface area is 139 Å². The van der Waals surface area contributed by atoms with Gasteiger partial charge in [-0.15, -0.1) is 0 Å². The van der Waals surface area contributed by atoms with E-state index in [9.17, 15) is 36.1 Å². The van der Waals surface area contributed by atoms with Crippen LogP contribution in [0, 0.1) is 15.9 Å². The van der Waals surface area contributed by atoms with Gasteiger partial charge in [0.2, 0.25) is 0 Å². The zero-order chi connectivity index (χ0) is 18.8. The van der Waals surface area contributed by atoms with Crippen molar-refractivity contribution in [2.45, 2.75) is 16.9 Å². The van der Waals surface area contributed by atoms with E-state index >= 15 is 0 Å². The molecule has 2 aromatic carbocycles. The van der Waals surface area contributed by atoms with Crippen LogP contribution in [-0.4, -0.2) is 18.8 Å². The van der Waals surface area contributed by atoms with Crippen molar-refractivity contribution in [3.63, 3.8) is 0 Å². The van der Waals surface area contributed by atoms with Crippen LogP contribution in [0.3, 0.4) is 0 Å². The third-order valence-electron chi connectivity index (χ3n) is 3.17. The summed E-state index contributed by atoms with van der Waals surface area (Å²) < 4.78 is 74.5. The summed E-state index contributed by atoms with van der Waals surface area (Å²) in [7, 11) is -5.74. The van der Waals surface area contributed by atoms with E-state index < -0.39 is 36.7 Å². The molecule has 0 unspecified atom stereocenters. The van der Waals surface area contributed by atoms with E-state index in [1.165, 1.54) is 24.3 Å². The molecule has 0 saturated carbocycles. The fourth-order valence-corrected chi connectivity index (χ4v) is 2.87. The first-order valence-corrected chi connectivity index (χ1v) is 8.09. The van der Waals surface area contributed by atoms with Crippen molar-refractivity contribution < 1.29 is 30.9 Å². The SMILES string of the molecule is O=[N+]([O-])c1ccc(CNc2ccc(F)cc2S(=O)(=O)C(F)(F)F)cc1. The molecular weight excluding hydrogens is 368 g/mol. The number of non-ortho nitro benzene ring substituents is 1. The summed E-state index contributed by atoms with van der Waals surface area (Å²) in [6.45, 7) is -0.121. The van der Waals surface area contributed by atoms with E-state index in [1.807, 2.05) is 0 Å². The van der Waals surface area contributed by atoms with Crippen LogP contribution in [0.25, 0.3) is 0 Å². The lowest BCUT2D eigenvalue weighted by Crippen LogP contribution is -2.24. The number of nitrogens with zero attached hydrogens (tertiary/aromatic N) is 1. The van der Waals surface area contributed by atoms with Crippen LogP contribution in [-0.2, 0) is 16.4 Å². The molecule has 2 aromatic rings. The maximum absolute atomic E-state index is 13.2. The molecule has 2 rings (SSSR count). The molecule has 0 fully saturated rings. The Kier molecular flexibility index (Phi) is 4.97. The van der Waals surface area contributed by atoms with Gasteiger partial charge in [-0.1, -0.05) is 12.1 Å². The van der Waals surface area contributed by atoms with Crippen LogP contribution >= 0.6 is 0 Å². The number of nitro groups is 1. The van der Waals surface area contributed by atoms with Crippen molar-refractivity contribution in [2.24, 2.45) is 0 Å². The van der Waals surface area contributed by atoms with E-state index in [0.29, 0.717) is 5.56 Å². The molecule has 0 bridgehead atoms. The average molecular weight is 378 g/mol. The minimum Gasteiger partial charge on any atom is -0.380 e.